The highest BCUT2D eigenvalue weighted by atomic mass is 19.1. The average molecular weight is 442 g/mol. The molecule has 1 amide bonds. The highest BCUT2D eigenvalue weighted by Gasteiger charge is 2.26. The molecule has 0 aliphatic carbocycles. The van der Waals surface area contributed by atoms with Gasteiger partial charge in [-0.2, -0.15) is 0 Å². The number of hydrogen-bond acceptors (Lipinski definition) is 6. The number of amides is 1. The summed E-state index contributed by atoms with van der Waals surface area (Å²) in [5, 5.41) is 14.5. The number of morpholine rings is 1. The second-order valence-electron chi connectivity index (χ2n) is 8.08. The van der Waals surface area contributed by atoms with Gasteiger partial charge in [-0.1, -0.05) is 12.1 Å². The van der Waals surface area contributed by atoms with Gasteiger partial charge >= 0.3 is 0 Å². The number of nitro benzene ring substituents is 1. The molecule has 0 bridgehead atoms. The minimum atomic E-state index is -0.431. The first-order valence-electron chi connectivity index (χ1n) is 10.9. The molecule has 2 aliphatic heterocycles. The predicted octanol–water partition coefficient (Wildman–Crippen LogP) is 3.14. The monoisotopic (exact) mass is 442 g/mol. The van der Waals surface area contributed by atoms with E-state index >= 15 is 0 Å². The first kappa shape index (κ1) is 22.2. The number of benzene rings is 2. The van der Waals surface area contributed by atoms with Gasteiger partial charge in [0.1, 0.15) is 11.5 Å². The van der Waals surface area contributed by atoms with E-state index in [9.17, 15) is 19.3 Å². The third kappa shape index (κ3) is 5.05. The Morgan fingerprint density at radius 1 is 1.09 bits per heavy atom. The Balaban J connectivity index is 1.50. The summed E-state index contributed by atoms with van der Waals surface area (Å²) in [5.74, 6) is -0.689. The Bertz CT molecular complexity index is 957. The number of nitro groups is 1. The van der Waals surface area contributed by atoms with Crippen LogP contribution in [0.2, 0.25) is 0 Å². The van der Waals surface area contributed by atoms with Gasteiger partial charge in [-0.3, -0.25) is 19.8 Å². The van der Waals surface area contributed by atoms with Crippen LogP contribution in [0.3, 0.4) is 0 Å². The molecule has 2 fully saturated rings. The van der Waals surface area contributed by atoms with Crippen molar-refractivity contribution in [2.75, 3.05) is 50.8 Å². The maximum absolute atomic E-state index is 13.4. The number of nitrogens with one attached hydrogen (secondary N) is 1. The highest BCUT2D eigenvalue weighted by molar-refractivity contribution is 5.95. The van der Waals surface area contributed by atoms with Crippen molar-refractivity contribution in [3.63, 3.8) is 0 Å². The van der Waals surface area contributed by atoms with Crippen molar-refractivity contribution in [3.05, 3.63) is 69.5 Å². The van der Waals surface area contributed by atoms with Crippen LogP contribution in [0, 0.1) is 15.9 Å². The Kier molecular flexibility index (Phi) is 6.96. The maximum Gasteiger partial charge on any atom is 0.293 e. The van der Waals surface area contributed by atoms with Gasteiger partial charge in [-0.15, -0.1) is 0 Å². The van der Waals surface area contributed by atoms with Gasteiger partial charge in [0.25, 0.3) is 11.6 Å². The fourth-order valence-corrected chi connectivity index (χ4v) is 4.36. The smallest absolute Gasteiger partial charge is 0.293 e. The SMILES string of the molecule is O=C(NCC(c1ccc(F)cc1)N1CCOCC1)c1ccc(N2CCCC2)c([N+](=O)[O-])c1. The number of anilines is 1. The van der Waals surface area contributed by atoms with Crippen molar-refractivity contribution in [2.24, 2.45) is 0 Å². The summed E-state index contributed by atoms with van der Waals surface area (Å²) in [6, 6.07) is 10.8. The third-order valence-electron chi connectivity index (χ3n) is 6.08. The molecule has 1 atom stereocenters. The number of carbonyl (C=O) groups excluding carboxylic acids is 1. The fourth-order valence-electron chi connectivity index (χ4n) is 4.36. The van der Waals surface area contributed by atoms with E-state index in [4.69, 9.17) is 4.74 Å². The summed E-state index contributed by atoms with van der Waals surface area (Å²) in [5.41, 5.74) is 1.65. The van der Waals surface area contributed by atoms with Crippen molar-refractivity contribution in [3.8, 4) is 0 Å². The van der Waals surface area contributed by atoms with Gasteiger partial charge in [0.15, 0.2) is 0 Å². The van der Waals surface area contributed by atoms with Crippen molar-refractivity contribution in [1.82, 2.24) is 10.2 Å². The highest BCUT2D eigenvalue weighted by Crippen LogP contribution is 2.31. The molecule has 0 spiro atoms. The van der Waals surface area contributed by atoms with Crippen LogP contribution in [0.4, 0.5) is 15.8 Å². The maximum atomic E-state index is 13.4. The molecule has 170 valence electrons. The molecule has 2 heterocycles. The van der Waals surface area contributed by atoms with Crippen LogP contribution in [0.25, 0.3) is 0 Å². The van der Waals surface area contributed by atoms with E-state index in [1.807, 2.05) is 4.90 Å². The molecule has 9 heteroatoms. The number of hydrogen-bond donors (Lipinski definition) is 1. The number of ether oxygens (including phenoxy) is 1. The van der Waals surface area contributed by atoms with E-state index in [0.717, 1.165) is 31.5 Å². The lowest BCUT2D eigenvalue weighted by Crippen LogP contribution is -2.43. The molecule has 2 aromatic carbocycles. The lowest BCUT2D eigenvalue weighted by molar-refractivity contribution is -0.384. The second-order valence-corrected chi connectivity index (χ2v) is 8.08. The fraction of sp³-hybridized carbons (Fsp3) is 0.435. The zero-order valence-electron chi connectivity index (χ0n) is 17.8. The van der Waals surface area contributed by atoms with Gasteiger partial charge in [0, 0.05) is 44.4 Å². The lowest BCUT2D eigenvalue weighted by atomic mass is 10.0. The summed E-state index contributed by atoms with van der Waals surface area (Å²) < 4.78 is 18.8. The summed E-state index contributed by atoms with van der Waals surface area (Å²) in [4.78, 5) is 28.3. The minimum Gasteiger partial charge on any atom is -0.379 e. The topological polar surface area (TPSA) is 88.0 Å². The molecule has 0 radical (unpaired) electrons. The Labute approximate surface area is 186 Å². The molecule has 0 aromatic heterocycles. The van der Waals surface area contributed by atoms with Crippen molar-refractivity contribution < 1.29 is 18.8 Å². The number of rotatable bonds is 7. The quantitative estimate of drug-likeness (QED) is 0.524. The lowest BCUT2D eigenvalue weighted by Gasteiger charge is -2.35. The zero-order valence-corrected chi connectivity index (χ0v) is 17.8. The van der Waals surface area contributed by atoms with Crippen molar-refractivity contribution in [1.29, 1.82) is 0 Å². The van der Waals surface area contributed by atoms with E-state index in [1.54, 1.807) is 24.3 Å². The Hall–Kier alpha value is -3.04. The molecule has 0 saturated carbocycles. The van der Waals surface area contributed by atoms with E-state index in [-0.39, 0.29) is 29.0 Å². The van der Waals surface area contributed by atoms with Gasteiger partial charge in [0.2, 0.25) is 0 Å². The molecule has 2 aromatic rings. The molecule has 1 unspecified atom stereocenters. The molecular weight excluding hydrogens is 415 g/mol. The molecule has 8 nitrogen and oxygen atoms in total. The Morgan fingerprint density at radius 3 is 2.44 bits per heavy atom. The van der Waals surface area contributed by atoms with Crippen LogP contribution in [-0.2, 0) is 4.74 Å². The number of carbonyl (C=O) groups is 1. The predicted molar refractivity (Wildman–Crippen MR) is 118 cm³/mol. The largest absolute Gasteiger partial charge is 0.379 e. The van der Waals surface area contributed by atoms with Crippen molar-refractivity contribution in [2.45, 2.75) is 18.9 Å². The van der Waals surface area contributed by atoms with E-state index in [0.29, 0.717) is 38.5 Å². The average Bonchev–Trinajstić information content (AvgIpc) is 3.35. The van der Waals surface area contributed by atoms with Crippen LogP contribution in [0.5, 0.6) is 0 Å². The molecule has 2 saturated heterocycles. The van der Waals surface area contributed by atoms with Crippen LogP contribution < -0.4 is 10.2 Å². The molecule has 2 aliphatic rings. The Morgan fingerprint density at radius 2 is 1.78 bits per heavy atom. The van der Waals surface area contributed by atoms with E-state index in [1.165, 1.54) is 18.2 Å². The normalized spacial score (nSPS) is 17.8. The molecule has 1 N–H and O–H groups in total. The van der Waals surface area contributed by atoms with Gasteiger partial charge in [0.05, 0.1) is 24.2 Å². The van der Waals surface area contributed by atoms with Gasteiger partial charge < -0.3 is 15.0 Å². The van der Waals surface area contributed by atoms with E-state index in [2.05, 4.69) is 10.2 Å². The van der Waals surface area contributed by atoms with E-state index < -0.39 is 4.92 Å². The summed E-state index contributed by atoms with van der Waals surface area (Å²) in [7, 11) is 0. The summed E-state index contributed by atoms with van der Waals surface area (Å²) in [6.07, 6.45) is 2.01. The van der Waals surface area contributed by atoms with Crippen LogP contribution in [0.15, 0.2) is 42.5 Å². The minimum absolute atomic E-state index is 0.0530. The third-order valence-corrected chi connectivity index (χ3v) is 6.08. The van der Waals surface area contributed by atoms with Gasteiger partial charge in [-0.25, -0.2) is 4.39 Å². The second kappa shape index (κ2) is 10.1. The van der Waals surface area contributed by atoms with Crippen LogP contribution in [-0.4, -0.2) is 61.7 Å². The first-order chi connectivity index (χ1) is 15.5. The standard InChI is InChI=1S/C23H27FN4O4/c24-19-6-3-17(4-7-19)22(27-11-13-32-14-12-27)16-25-23(29)18-5-8-20(21(15-18)28(30)31)26-9-1-2-10-26/h3-8,15,22H,1-2,9-14,16H2,(H,25,29). The first-order valence-corrected chi connectivity index (χ1v) is 10.9. The summed E-state index contributed by atoms with van der Waals surface area (Å²) >= 11 is 0. The zero-order chi connectivity index (χ0) is 22.5. The van der Waals surface area contributed by atoms with Crippen LogP contribution >= 0.6 is 0 Å². The molecular formula is C23H27FN4O4. The van der Waals surface area contributed by atoms with Gasteiger partial charge in [-0.05, 0) is 42.7 Å². The number of nitrogens with zero attached hydrogens (tertiary/aromatic N) is 3. The molecule has 4 rings (SSSR count). The van der Waals surface area contributed by atoms with Crippen molar-refractivity contribution >= 4 is 17.3 Å². The molecule has 32 heavy (non-hydrogen) atoms. The summed E-state index contributed by atoms with van der Waals surface area (Å²) in [6.45, 7) is 4.45. The number of halogens is 1. The van der Waals surface area contributed by atoms with Crippen LogP contribution in [0.1, 0.15) is 34.8 Å².